The van der Waals surface area contributed by atoms with E-state index in [0.29, 0.717) is 12.8 Å². The van der Waals surface area contributed by atoms with Gasteiger partial charge in [0, 0.05) is 18.8 Å². The molecule has 0 bridgehead atoms. The summed E-state index contributed by atoms with van der Waals surface area (Å²) in [5, 5.41) is 41.3. The molecule has 0 saturated carbocycles. The van der Waals surface area contributed by atoms with Crippen LogP contribution in [0.4, 0.5) is 0 Å². The smallest absolute Gasteiger partial charge is 0.309 e. The Kier molecular flexibility index (Phi) is 15.0. The van der Waals surface area contributed by atoms with E-state index in [0.717, 1.165) is 5.57 Å². The first-order chi connectivity index (χ1) is 18.1. The first kappa shape index (κ1) is 35.3. The zero-order valence-electron chi connectivity index (χ0n) is 24.4. The Morgan fingerprint density at radius 2 is 1.90 bits per heavy atom. The van der Waals surface area contributed by atoms with Gasteiger partial charge >= 0.3 is 11.9 Å². The van der Waals surface area contributed by atoms with Crippen molar-refractivity contribution < 1.29 is 39.5 Å². The highest BCUT2D eigenvalue weighted by molar-refractivity contribution is 6.21. The molecule has 0 aromatic rings. The molecule has 9 heteroatoms. The van der Waals surface area contributed by atoms with E-state index in [1.165, 1.54) is 13.8 Å². The minimum atomic E-state index is -1.43. The number of alkyl halides is 1. The maximum absolute atomic E-state index is 12.6. The van der Waals surface area contributed by atoms with E-state index in [1.807, 2.05) is 52.8 Å². The van der Waals surface area contributed by atoms with Crippen molar-refractivity contribution in [3.63, 3.8) is 0 Å². The van der Waals surface area contributed by atoms with Crippen molar-refractivity contribution in [3.8, 4) is 0 Å². The van der Waals surface area contributed by atoms with E-state index in [2.05, 4.69) is 0 Å². The van der Waals surface area contributed by atoms with Crippen LogP contribution in [0.5, 0.6) is 0 Å². The molecule has 8 nitrogen and oxygen atoms in total. The van der Waals surface area contributed by atoms with Crippen molar-refractivity contribution in [2.75, 3.05) is 0 Å². The van der Waals surface area contributed by atoms with Gasteiger partial charge in [-0.1, -0.05) is 52.0 Å². The maximum atomic E-state index is 12.6. The number of halogens is 1. The van der Waals surface area contributed by atoms with Crippen LogP contribution in [0.25, 0.3) is 0 Å². The number of ether oxygens (including phenoxy) is 2. The normalized spacial score (nSPS) is 32.2. The van der Waals surface area contributed by atoms with Gasteiger partial charge in [-0.2, -0.15) is 0 Å². The second-order valence-electron chi connectivity index (χ2n) is 11.3. The minimum absolute atomic E-state index is 0.00527. The molecule has 1 rings (SSSR count). The number of carbonyl (C=O) groups is 2. The van der Waals surface area contributed by atoms with Gasteiger partial charge in [-0.15, -0.1) is 11.6 Å². The zero-order chi connectivity index (χ0) is 29.9. The van der Waals surface area contributed by atoms with Crippen LogP contribution in [0.2, 0.25) is 0 Å². The highest BCUT2D eigenvalue weighted by Crippen LogP contribution is 2.27. The Bertz CT molecular complexity index is 867. The molecule has 1 aliphatic rings. The standard InChI is InChI=1S/C30H49ClO8/c1-8-24(34)21(5)28(31)25(35)16-18(2)10-9-11-19(3)29-20(4)12-13-26(38-22(6)32)30(7,37)15-14-23(33)17-27(36)39-29/h9-13,18,20-21,23-26,28-29,33-35,37H,8,14-17H2,1-7H3/b10-9+,13-12+,19-11+. The number of aliphatic hydroxyl groups excluding tert-OH is 3. The third-order valence-corrected chi connectivity index (χ3v) is 8.06. The Labute approximate surface area is 238 Å². The number of aliphatic hydroxyl groups is 4. The monoisotopic (exact) mass is 572 g/mol. The fraction of sp³-hybridized carbons (Fsp3) is 0.733. The van der Waals surface area contributed by atoms with Crippen molar-refractivity contribution in [2.45, 2.75) is 122 Å². The van der Waals surface area contributed by atoms with E-state index in [1.54, 1.807) is 12.2 Å². The number of cyclic esters (lactones) is 1. The molecule has 0 amide bonds. The van der Waals surface area contributed by atoms with Crippen molar-refractivity contribution >= 4 is 23.5 Å². The molecule has 224 valence electrons. The topological polar surface area (TPSA) is 134 Å². The van der Waals surface area contributed by atoms with E-state index in [4.69, 9.17) is 21.1 Å². The summed E-state index contributed by atoms with van der Waals surface area (Å²) in [6.45, 7) is 12.1. The fourth-order valence-electron chi connectivity index (χ4n) is 4.65. The van der Waals surface area contributed by atoms with E-state index < -0.39 is 53.4 Å². The van der Waals surface area contributed by atoms with Crippen molar-refractivity contribution in [3.05, 3.63) is 36.0 Å². The fourth-order valence-corrected chi connectivity index (χ4v) is 4.92. The van der Waals surface area contributed by atoms with Gasteiger partial charge in [0.05, 0.1) is 30.1 Å². The Balaban J connectivity index is 3.07. The van der Waals surface area contributed by atoms with Crippen LogP contribution in [-0.2, 0) is 19.1 Å². The number of allylic oxidation sites excluding steroid dienone is 3. The van der Waals surface area contributed by atoms with Gasteiger partial charge in [0.2, 0.25) is 0 Å². The van der Waals surface area contributed by atoms with Crippen molar-refractivity contribution in [1.82, 2.24) is 0 Å². The molecule has 10 unspecified atom stereocenters. The second-order valence-corrected chi connectivity index (χ2v) is 11.8. The number of hydrogen-bond acceptors (Lipinski definition) is 8. The van der Waals surface area contributed by atoms with Crippen LogP contribution in [0, 0.1) is 17.8 Å². The lowest BCUT2D eigenvalue weighted by molar-refractivity contribution is -0.157. The molecule has 0 spiro atoms. The molecule has 0 saturated heterocycles. The van der Waals surface area contributed by atoms with E-state index in [-0.39, 0.29) is 37.0 Å². The summed E-state index contributed by atoms with van der Waals surface area (Å²) in [6, 6.07) is 0. The summed E-state index contributed by atoms with van der Waals surface area (Å²) in [5.41, 5.74) is -0.675. The number of esters is 2. The van der Waals surface area contributed by atoms with Crippen LogP contribution in [0.15, 0.2) is 36.0 Å². The largest absolute Gasteiger partial charge is 0.457 e. The summed E-state index contributed by atoms with van der Waals surface area (Å²) in [4.78, 5) is 24.2. The van der Waals surface area contributed by atoms with Crippen LogP contribution in [0.1, 0.15) is 80.6 Å². The van der Waals surface area contributed by atoms with E-state index in [9.17, 15) is 30.0 Å². The first-order valence-corrected chi connectivity index (χ1v) is 14.3. The minimum Gasteiger partial charge on any atom is -0.457 e. The molecule has 0 aromatic heterocycles. The Morgan fingerprint density at radius 1 is 1.26 bits per heavy atom. The second kappa shape index (κ2) is 16.5. The molecule has 0 aromatic carbocycles. The van der Waals surface area contributed by atoms with Gasteiger partial charge in [-0.3, -0.25) is 9.59 Å². The molecule has 0 radical (unpaired) electrons. The molecule has 0 fully saturated rings. The lowest BCUT2D eigenvalue weighted by atomic mass is 9.88. The third-order valence-electron chi connectivity index (χ3n) is 7.37. The lowest BCUT2D eigenvalue weighted by Crippen LogP contribution is -2.42. The van der Waals surface area contributed by atoms with Gasteiger partial charge in [0.25, 0.3) is 0 Å². The quantitative estimate of drug-likeness (QED) is 0.132. The molecule has 0 aliphatic carbocycles. The number of carbonyl (C=O) groups excluding carboxylic acids is 2. The lowest BCUT2D eigenvalue weighted by Gasteiger charge is -2.32. The van der Waals surface area contributed by atoms with Gasteiger partial charge < -0.3 is 29.9 Å². The zero-order valence-corrected chi connectivity index (χ0v) is 25.2. The Hall–Kier alpha value is -1.71. The van der Waals surface area contributed by atoms with Gasteiger partial charge in [0.1, 0.15) is 17.8 Å². The van der Waals surface area contributed by atoms with E-state index >= 15 is 0 Å². The molecule has 1 aliphatic heterocycles. The third kappa shape index (κ3) is 12.1. The molecule has 10 atom stereocenters. The van der Waals surface area contributed by atoms with Gasteiger partial charge in [-0.05, 0) is 57.1 Å². The first-order valence-electron chi connectivity index (χ1n) is 13.9. The van der Waals surface area contributed by atoms with Gasteiger partial charge in [0.15, 0.2) is 0 Å². The average molecular weight is 573 g/mol. The highest BCUT2D eigenvalue weighted by atomic mass is 35.5. The van der Waals surface area contributed by atoms with Gasteiger partial charge in [-0.25, -0.2) is 0 Å². The van der Waals surface area contributed by atoms with Crippen LogP contribution >= 0.6 is 11.6 Å². The summed E-state index contributed by atoms with van der Waals surface area (Å²) in [6.07, 6.45) is 6.04. The van der Waals surface area contributed by atoms with Crippen molar-refractivity contribution in [2.24, 2.45) is 17.8 Å². The molecule has 1 heterocycles. The summed E-state index contributed by atoms with van der Waals surface area (Å²) in [7, 11) is 0. The number of hydrogen-bond donors (Lipinski definition) is 4. The number of rotatable bonds is 10. The summed E-state index contributed by atoms with van der Waals surface area (Å²) >= 11 is 6.39. The highest BCUT2D eigenvalue weighted by Gasteiger charge is 2.35. The maximum Gasteiger partial charge on any atom is 0.309 e. The Morgan fingerprint density at radius 3 is 2.49 bits per heavy atom. The average Bonchev–Trinajstić information content (AvgIpc) is 2.85. The molecular formula is C30H49ClO8. The predicted molar refractivity (Wildman–Crippen MR) is 152 cm³/mol. The van der Waals surface area contributed by atoms with Crippen molar-refractivity contribution in [1.29, 1.82) is 0 Å². The summed E-state index contributed by atoms with van der Waals surface area (Å²) in [5.74, 6) is -1.65. The predicted octanol–water partition coefficient (Wildman–Crippen LogP) is 4.22. The molecule has 39 heavy (non-hydrogen) atoms. The van der Waals surface area contributed by atoms with Crippen LogP contribution in [0.3, 0.4) is 0 Å². The molecular weight excluding hydrogens is 524 g/mol. The molecule has 4 N–H and O–H groups in total. The van der Waals surface area contributed by atoms with Crippen LogP contribution < -0.4 is 0 Å². The SMILES string of the molecule is CCC(O)C(C)C(Cl)C(O)CC(C)/C=C/C=C(\C)C1OC(=O)CC(O)CCC(C)(O)C(OC(C)=O)/C=C/C1C. The summed E-state index contributed by atoms with van der Waals surface area (Å²) < 4.78 is 11.1. The van der Waals surface area contributed by atoms with Crippen LogP contribution in [-0.4, -0.2) is 73.9 Å².